The number of sulfone groups is 1. The molecular formula is C24H23N3O4S2. The van der Waals surface area contributed by atoms with Crippen molar-refractivity contribution in [3.8, 4) is 0 Å². The number of likely N-dealkylation sites (tertiary alicyclic amines) is 1. The summed E-state index contributed by atoms with van der Waals surface area (Å²) in [7, 11) is -3.90. The zero-order chi connectivity index (χ0) is 23.2. The topological polar surface area (TPSA) is 96.4 Å². The molecule has 1 aromatic heterocycles. The summed E-state index contributed by atoms with van der Waals surface area (Å²) in [6.45, 7) is 5.10. The zero-order valence-corrected chi connectivity index (χ0v) is 19.7. The van der Waals surface area contributed by atoms with Crippen molar-refractivity contribution in [2.45, 2.75) is 36.1 Å². The van der Waals surface area contributed by atoms with Gasteiger partial charge in [-0.3, -0.25) is 19.8 Å². The molecule has 1 amide bonds. The van der Waals surface area contributed by atoms with E-state index in [1.165, 1.54) is 54.5 Å². The number of ketones is 1. The number of anilines is 1. The lowest BCUT2D eigenvalue weighted by atomic mass is 10.0. The molecule has 0 spiro atoms. The van der Waals surface area contributed by atoms with Gasteiger partial charge in [-0.15, -0.1) is 11.3 Å². The summed E-state index contributed by atoms with van der Waals surface area (Å²) < 4.78 is 26.2. The summed E-state index contributed by atoms with van der Waals surface area (Å²) in [4.78, 5) is 32.3. The molecule has 1 fully saturated rings. The molecule has 3 heterocycles. The Hall–Kier alpha value is -2.88. The Balaban J connectivity index is 1.35. The largest absolute Gasteiger partial charge is 0.298 e. The molecule has 1 unspecified atom stereocenters. The molecule has 1 saturated heterocycles. The van der Waals surface area contributed by atoms with Crippen molar-refractivity contribution in [3.05, 3.63) is 70.2 Å². The summed E-state index contributed by atoms with van der Waals surface area (Å²) in [5, 5.41) is 5.15. The van der Waals surface area contributed by atoms with E-state index in [9.17, 15) is 18.0 Å². The van der Waals surface area contributed by atoms with Gasteiger partial charge in [0.15, 0.2) is 10.9 Å². The SMILES string of the molecule is CC1CCCN(Cc2csc(NC(=O)c3ccc4c(c3)S(=O)(=O)c3ccccc3C4=O)n2)C1. The normalized spacial score (nSPS) is 19.5. The van der Waals surface area contributed by atoms with Crippen LogP contribution in [0.4, 0.5) is 5.13 Å². The molecule has 3 aromatic rings. The smallest absolute Gasteiger partial charge is 0.257 e. The quantitative estimate of drug-likeness (QED) is 0.473. The van der Waals surface area contributed by atoms with Crippen molar-refractivity contribution >= 4 is 38.0 Å². The standard InChI is InChI=1S/C24H23N3O4S2/c1-15-5-4-10-27(12-15)13-17-14-32-24(25-17)26-23(29)16-8-9-19-21(11-16)33(30,31)20-7-3-2-6-18(20)22(19)28/h2-3,6-9,11,14-15H,4-5,10,12-13H2,1H3,(H,25,26,29). The van der Waals surface area contributed by atoms with Gasteiger partial charge in [0, 0.05) is 35.2 Å². The summed E-state index contributed by atoms with van der Waals surface area (Å²) >= 11 is 1.34. The molecular weight excluding hydrogens is 458 g/mol. The highest BCUT2D eigenvalue weighted by molar-refractivity contribution is 7.91. The van der Waals surface area contributed by atoms with Crippen molar-refractivity contribution < 1.29 is 18.0 Å². The van der Waals surface area contributed by atoms with E-state index < -0.39 is 15.7 Å². The van der Waals surface area contributed by atoms with Gasteiger partial charge in [0.2, 0.25) is 9.84 Å². The molecule has 0 radical (unpaired) electrons. The number of benzene rings is 2. The third kappa shape index (κ3) is 4.12. The van der Waals surface area contributed by atoms with Crippen LogP contribution in [0, 0.1) is 5.92 Å². The number of thiazole rings is 1. The van der Waals surface area contributed by atoms with Gasteiger partial charge in [-0.2, -0.15) is 0 Å². The van der Waals surface area contributed by atoms with Crippen LogP contribution in [-0.4, -0.2) is 43.1 Å². The van der Waals surface area contributed by atoms with E-state index >= 15 is 0 Å². The fourth-order valence-corrected chi connectivity index (χ4v) is 6.87. The third-order valence-corrected chi connectivity index (χ3v) is 8.76. The first-order valence-corrected chi connectivity index (χ1v) is 13.2. The Morgan fingerprint density at radius 3 is 2.79 bits per heavy atom. The number of nitrogens with zero attached hydrogens (tertiary/aromatic N) is 2. The number of hydrogen-bond donors (Lipinski definition) is 1. The van der Waals surface area contributed by atoms with E-state index in [0.717, 1.165) is 25.3 Å². The van der Waals surface area contributed by atoms with Crippen molar-refractivity contribution in [2.24, 2.45) is 5.92 Å². The molecule has 2 aliphatic heterocycles. The second kappa shape index (κ2) is 8.48. The minimum atomic E-state index is -3.90. The molecule has 7 nitrogen and oxygen atoms in total. The Bertz CT molecular complexity index is 1360. The van der Waals surface area contributed by atoms with Crippen LogP contribution < -0.4 is 5.32 Å². The molecule has 170 valence electrons. The predicted octanol–water partition coefficient (Wildman–Crippen LogP) is 4.00. The van der Waals surface area contributed by atoms with Gasteiger partial charge in [0.25, 0.3) is 5.91 Å². The summed E-state index contributed by atoms with van der Waals surface area (Å²) in [5.74, 6) is -0.151. The van der Waals surface area contributed by atoms with Gasteiger partial charge >= 0.3 is 0 Å². The van der Waals surface area contributed by atoms with Crippen LogP contribution in [-0.2, 0) is 16.4 Å². The highest BCUT2D eigenvalue weighted by atomic mass is 32.2. The summed E-state index contributed by atoms with van der Waals surface area (Å²) in [6, 6.07) is 10.3. The summed E-state index contributed by atoms with van der Waals surface area (Å²) in [6.07, 6.45) is 2.44. The fourth-order valence-electron chi connectivity index (χ4n) is 4.49. The molecule has 2 aliphatic rings. The number of fused-ring (bicyclic) bond motifs is 2. The second-order valence-electron chi connectivity index (χ2n) is 8.62. The van der Waals surface area contributed by atoms with Gasteiger partial charge in [0.05, 0.1) is 15.5 Å². The first kappa shape index (κ1) is 21.9. The van der Waals surface area contributed by atoms with Gasteiger partial charge in [-0.25, -0.2) is 13.4 Å². The number of amides is 1. The van der Waals surface area contributed by atoms with Crippen molar-refractivity contribution in [1.82, 2.24) is 9.88 Å². The number of piperidine rings is 1. The van der Waals surface area contributed by atoms with Gasteiger partial charge in [-0.1, -0.05) is 19.1 Å². The second-order valence-corrected chi connectivity index (χ2v) is 11.4. The fraction of sp³-hybridized carbons (Fsp3) is 0.292. The summed E-state index contributed by atoms with van der Waals surface area (Å²) in [5.41, 5.74) is 1.30. The lowest BCUT2D eigenvalue weighted by Gasteiger charge is -2.30. The highest BCUT2D eigenvalue weighted by Crippen LogP contribution is 2.35. The van der Waals surface area contributed by atoms with Crippen molar-refractivity contribution in [1.29, 1.82) is 0 Å². The van der Waals surface area contributed by atoms with Gasteiger partial charge in [0.1, 0.15) is 0 Å². The molecule has 1 N–H and O–H groups in total. The maximum absolute atomic E-state index is 13.1. The van der Waals surface area contributed by atoms with E-state index in [0.29, 0.717) is 11.0 Å². The number of rotatable bonds is 4. The molecule has 9 heteroatoms. The average Bonchev–Trinajstić information content (AvgIpc) is 3.24. The maximum atomic E-state index is 13.1. The van der Waals surface area contributed by atoms with Crippen LogP contribution in [0.15, 0.2) is 57.6 Å². The van der Waals surface area contributed by atoms with Crippen molar-refractivity contribution in [3.63, 3.8) is 0 Å². The first-order valence-electron chi connectivity index (χ1n) is 10.8. The van der Waals surface area contributed by atoms with Crippen LogP contribution in [0.5, 0.6) is 0 Å². The van der Waals surface area contributed by atoms with Crippen LogP contribution >= 0.6 is 11.3 Å². The van der Waals surface area contributed by atoms with Crippen molar-refractivity contribution in [2.75, 3.05) is 18.4 Å². The third-order valence-electron chi connectivity index (χ3n) is 6.10. The maximum Gasteiger partial charge on any atom is 0.257 e. The van der Waals surface area contributed by atoms with Crippen LogP contribution in [0.3, 0.4) is 0 Å². The molecule has 1 atom stereocenters. The Morgan fingerprint density at radius 1 is 1.18 bits per heavy atom. The van der Waals surface area contributed by atoms with E-state index in [-0.39, 0.29) is 32.3 Å². The number of nitrogens with one attached hydrogen (secondary N) is 1. The number of hydrogen-bond acceptors (Lipinski definition) is 7. The lowest BCUT2D eigenvalue weighted by Crippen LogP contribution is -2.33. The molecule has 5 rings (SSSR count). The van der Waals surface area contributed by atoms with Crippen LogP contribution in [0.1, 0.15) is 51.7 Å². The highest BCUT2D eigenvalue weighted by Gasteiger charge is 2.35. The molecule has 0 saturated carbocycles. The zero-order valence-electron chi connectivity index (χ0n) is 18.1. The van der Waals surface area contributed by atoms with Gasteiger partial charge < -0.3 is 0 Å². The Kier molecular flexibility index (Phi) is 5.64. The minimum Gasteiger partial charge on any atom is -0.298 e. The minimum absolute atomic E-state index is 0.0309. The van der Waals surface area contributed by atoms with E-state index in [4.69, 9.17) is 0 Å². The van der Waals surface area contributed by atoms with Crippen LogP contribution in [0.25, 0.3) is 0 Å². The molecule has 2 aromatic carbocycles. The van der Waals surface area contributed by atoms with Gasteiger partial charge in [-0.05, 0) is 55.6 Å². The number of carbonyl (C=O) groups excluding carboxylic acids is 2. The number of aromatic nitrogens is 1. The molecule has 0 aliphatic carbocycles. The Morgan fingerprint density at radius 2 is 1.97 bits per heavy atom. The average molecular weight is 482 g/mol. The van der Waals surface area contributed by atoms with E-state index in [1.807, 2.05) is 5.38 Å². The van der Waals surface area contributed by atoms with E-state index in [2.05, 4.69) is 22.1 Å². The monoisotopic (exact) mass is 481 g/mol. The predicted molar refractivity (Wildman–Crippen MR) is 126 cm³/mol. The number of carbonyl (C=O) groups is 2. The Labute approximate surface area is 196 Å². The first-order chi connectivity index (χ1) is 15.8. The van der Waals surface area contributed by atoms with E-state index in [1.54, 1.807) is 12.1 Å². The molecule has 33 heavy (non-hydrogen) atoms. The van der Waals surface area contributed by atoms with Crippen LogP contribution in [0.2, 0.25) is 0 Å². The molecule has 0 bridgehead atoms. The lowest BCUT2D eigenvalue weighted by molar-refractivity contribution is 0.101.